The third kappa shape index (κ3) is 2.83. The second-order valence-corrected chi connectivity index (χ2v) is 2.71. The van der Waals surface area contributed by atoms with Crippen LogP contribution in [-0.2, 0) is 0 Å². The van der Waals surface area contributed by atoms with Crippen molar-refractivity contribution in [2.75, 3.05) is 20.3 Å². The van der Waals surface area contributed by atoms with Crippen LogP contribution >= 0.6 is 0 Å². The number of rotatable bonds is 5. The van der Waals surface area contributed by atoms with Gasteiger partial charge in [0.2, 0.25) is 0 Å². The highest BCUT2D eigenvalue weighted by atomic mass is 16.5. The smallest absolute Gasteiger partial charge is 0.126 e. The second-order valence-electron chi connectivity index (χ2n) is 2.71. The lowest BCUT2D eigenvalue weighted by molar-refractivity contribution is 0.317. The first-order valence-electron chi connectivity index (χ1n) is 4.74. The minimum absolute atomic E-state index is 0.638. The van der Waals surface area contributed by atoms with Gasteiger partial charge in [0.15, 0.2) is 0 Å². The molecule has 78 valence electrons. The van der Waals surface area contributed by atoms with Gasteiger partial charge in [0, 0.05) is 18.2 Å². The van der Waals surface area contributed by atoms with Crippen LogP contribution in [0.4, 0.5) is 0 Å². The lowest BCUT2D eigenvalue weighted by Gasteiger charge is -2.09. The van der Waals surface area contributed by atoms with E-state index in [0.29, 0.717) is 13.2 Å². The average molecular weight is 196 g/mol. The molecule has 3 heteroatoms. The van der Waals surface area contributed by atoms with Crippen molar-refractivity contribution in [3.8, 4) is 17.2 Å². The number of hydrogen-bond donors (Lipinski definition) is 0. The zero-order chi connectivity index (χ0) is 10.4. The molecule has 3 nitrogen and oxygen atoms in total. The minimum Gasteiger partial charge on any atom is -0.496 e. The molecular weight excluding hydrogens is 180 g/mol. The Labute approximate surface area is 84.6 Å². The Balaban J connectivity index is 2.88. The lowest BCUT2D eigenvalue weighted by Crippen LogP contribution is -1.96. The highest BCUT2D eigenvalue weighted by Gasteiger charge is 2.02. The largest absolute Gasteiger partial charge is 0.496 e. The molecule has 0 saturated heterocycles. The van der Waals surface area contributed by atoms with E-state index in [4.69, 9.17) is 14.2 Å². The number of benzene rings is 1. The Morgan fingerprint density at radius 1 is 0.857 bits per heavy atom. The molecule has 0 N–H and O–H groups in total. The Morgan fingerprint density at radius 3 is 1.64 bits per heavy atom. The van der Waals surface area contributed by atoms with E-state index in [1.54, 1.807) is 7.11 Å². The van der Waals surface area contributed by atoms with Crippen molar-refractivity contribution in [2.24, 2.45) is 0 Å². The van der Waals surface area contributed by atoms with Crippen LogP contribution in [0.3, 0.4) is 0 Å². The zero-order valence-corrected chi connectivity index (χ0v) is 8.87. The van der Waals surface area contributed by atoms with Gasteiger partial charge < -0.3 is 14.2 Å². The van der Waals surface area contributed by atoms with Crippen LogP contribution < -0.4 is 14.2 Å². The van der Waals surface area contributed by atoms with Gasteiger partial charge in [-0.2, -0.15) is 0 Å². The molecule has 0 aromatic heterocycles. The summed E-state index contributed by atoms with van der Waals surface area (Å²) in [5, 5.41) is 0. The molecule has 0 saturated carbocycles. The van der Waals surface area contributed by atoms with E-state index < -0.39 is 0 Å². The topological polar surface area (TPSA) is 27.7 Å². The molecule has 0 unspecified atom stereocenters. The summed E-state index contributed by atoms with van der Waals surface area (Å²) in [6.07, 6.45) is 0. The minimum atomic E-state index is 0.638. The Kier molecular flexibility index (Phi) is 4.11. The summed E-state index contributed by atoms with van der Waals surface area (Å²) >= 11 is 0. The first kappa shape index (κ1) is 10.7. The molecule has 0 heterocycles. The van der Waals surface area contributed by atoms with Crippen LogP contribution in [-0.4, -0.2) is 20.3 Å². The average Bonchev–Trinajstić information content (AvgIpc) is 2.18. The predicted molar refractivity (Wildman–Crippen MR) is 55.3 cm³/mol. The Bertz CT molecular complexity index is 260. The van der Waals surface area contributed by atoms with Crippen molar-refractivity contribution in [3.63, 3.8) is 0 Å². The highest BCUT2D eigenvalue weighted by Crippen LogP contribution is 2.27. The molecule has 0 aliphatic rings. The van der Waals surface area contributed by atoms with Gasteiger partial charge in [-0.05, 0) is 13.8 Å². The fourth-order valence-electron chi connectivity index (χ4n) is 1.16. The van der Waals surface area contributed by atoms with Gasteiger partial charge in [-0.1, -0.05) is 0 Å². The normalized spacial score (nSPS) is 9.64. The van der Waals surface area contributed by atoms with Gasteiger partial charge in [0.05, 0.1) is 20.3 Å². The first-order chi connectivity index (χ1) is 6.80. The molecule has 0 bridgehead atoms. The van der Waals surface area contributed by atoms with E-state index in [0.717, 1.165) is 17.2 Å². The Morgan fingerprint density at radius 2 is 1.29 bits per heavy atom. The maximum absolute atomic E-state index is 5.38. The molecule has 0 fully saturated rings. The molecule has 14 heavy (non-hydrogen) atoms. The standard InChI is InChI=1S/C11H16O3/c1-4-13-10-6-9(12-3)7-11(8-10)14-5-2/h6-8H,4-5H2,1-3H3. The van der Waals surface area contributed by atoms with Gasteiger partial charge in [0.25, 0.3) is 0 Å². The summed E-state index contributed by atoms with van der Waals surface area (Å²) in [7, 11) is 1.63. The molecular formula is C11H16O3. The Hall–Kier alpha value is -1.38. The summed E-state index contributed by atoms with van der Waals surface area (Å²) in [5.41, 5.74) is 0. The molecule has 1 aromatic carbocycles. The maximum atomic E-state index is 5.38. The lowest BCUT2D eigenvalue weighted by atomic mass is 10.3. The third-order valence-corrected chi connectivity index (χ3v) is 1.71. The maximum Gasteiger partial charge on any atom is 0.126 e. The fraction of sp³-hybridized carbons (Fsp3) is 0.455. The van der Waals surface area contributed by atoms with E-state index >= 15 is 0 Å². The van der Waals surface area contributed by atoms with E-state index in [1.165, 1.54) is 0 Å². The number of hydrogen-bond acceptors (Lipinski definition) is 3. The summed E-state index contributed by atoms with van der Waals surface area (Å²) in [6, 6.07) is 5.54. The fourth-order valence-corrected chi connectivity index (χ4v) is 1.16. The van der Waals surface area contributed by atoms with Crippen LogP contribution in [0.5, 0.6) is 17.2 Å². The monoisotopic (exact) mass is 196 g/mol. The molecule has 0 spiro atoms. The van der Waals surface area contributed by atoms with Crippen molar-refractivity contribution in [1.82, 2.24) is 0 Å². The van der Waals surface area contributed by atoms with Gasteiger partial charge in [-0.3, -0.25) is 0 Å². The summed E-state index contributed by atoms with van der Waals surface area (Å²) in [5.74, 6) is 2.30. The predicted octanol–water partition coefficient (Wildman–Crippen LogP) is 2.49. The SMILES string of the molecule is CCOc1cc(OC)cc(OCC)c1. The molecule has 0 aliphatic heterocycles. The van der Waals surface area contributed by atoms with Crippen molar-refractivity contribution < 1.29 is 14.2 Å². The molecule has 1 rings (SSSR count). The van der Waals surface area contributed by atoms with E-state index in [-0.39, 0.29) is 0 Å². The molecule has 0 aliphatic carbocycles. The van der Waals surface area contributed by atoms with Crippen LogP contribution in [0.1, 0.15) is 13.8 Å². The van der Waals surface area contributed by atoms with E-state index in [2.05, 4.69) is 0 Å². The molecule has 0 radical (unpaired) electrons. The van der Waals surface area contributed by atoms with Gasteiger partial charge >= 0.3 is 0 Å². The van der Waals surface area contributed by atoms with E-state index in [9.17, 15) is 0 Å². The second kappa shape index (κ2) is 5.37. The van der Waals surface area contributed by atoms with E-state index in [1.807, 2.05) is 32.0 Å². The van der Waals surface area contributed by atoms with Crippen LogP contribution in [0, 0.1) is 0 Å². The quantitative estimate of drug-likeness (QED) is 0.724. The first-order valence-corrected chi connectivity index (χ1v) is 4.74. The van der Waals surface area contributed by atoms with Crippen LogP contribution in [0.25, 0.3) is 0 Å². The van der Waals surface area contributed by atoms with Crippen LogP contribution in [0.15, 0.2) is 18.2 Å². The molecule has 0 amide bonds. The van der Waals surface area contributed by atoms with Gasteiger partial charge in [0.1, 0.15) is 17.2 Å². The van der Waals surface area contributed by atoms with Gasteiger partial charge in [-0.15, -0.1) is 0 Å². The van der Waals surface area contributed by atoms with Crippen molar-refractivity contribution in [2.45, 2.75) is 13.8 Å². The number of methoxy groups -OCH3 is 1. The van der Waals surface area contributed by atoms with Crippen molar-refractivity contribution in [1.29, 1.82) is 0 Å². The third-order valence-electron chi connectivity index (χ3n) is 1.71. The van der Waals surface area contributed by atoms with Crippen LogP contribution in [0.2, 0.25) is 0 Å². The summed E-state index contributed by atoms with van der Waals surface area (Å²) in [6.45, 7) is 5.16. The summed E-state index contributed by atoms with van der Waals surface area (Å²) < 4.78 is 15.9. The van der Waals surface area contributed by atoms with Crippen molar-refractivity contribution in [3.05, 3.63) is 18.2 Å². The molecule has 1 aromatic rings. The zero-order valence-electron chi connectivity index (χ0n) is 8.87. The number of ether oxygens (including phenoxy) is 3. The summed E-state index contributed by atoms with van der Waals surface area (Å²) in [4.78, 5) is 0. The highest BCUT2D eigenvalue weighted by molar-refractivity contribution is 5.42. The molecule has 0 atom stereocenters. The van der Waals surface area contributed by atoms with Gasteiger partial charge in [-0.25, -0.2) is 0 Å². The van der Waals surface area contributed by atoms with Crippen molar-refractivity contribution >= 4 is 0 Å².